The number of anilines is 2. The Morgan fingerprint density at radius 3 is 2.61 bits per heavy atom. The third-order valence-corrected chi connectivity index (χ3v) is 2.72. The first-order valence-corrected chi connectivity index (χ1v) is 5.47. The number of fused-ring (bicyclic) bond motifs is 1. The molecule has 94 valence electrons. The summed E-state index contributed by atoms with van der Waals surface area (Å²) < 4.78 is 0. The van der Waals surface area contributed by atoms with Crippen molar-refractivity contribution >= 4 is 28.1 Å². The van der Waals surface area contributed by atoms with Crippen molar-refractivity contribution < 1.29 is 4.92 Å². The Hall–Kier alpha value is -2.37. The van der Waals surface area contributed by atoms with E-state index in [1.807, 2.05) is 25.1 Å². The number of non-ortho nitro benzene ring substituents is 1. The quantitative estimate of drug-likeness (QED) is 0.664. The van der Waals surface area contributed by atoms with E-state index >= 15 is 0 Å². The molecule has 0 spiro atoms. The van der Waals surface area contributed by atoms with Crippen LogP contribution in [0.4, 0.5) is 17.2 Å². The van der Waals surface area contributed by atoms with Crippen molar-refractivity contribution in [3.8, 4) is 0 Å². The average Bonchev–Trinajstić information content (AvgIpc) is 2.36. The van der Waals surface area contributed by atoms with E-state index in [2.05, 4.69) is 10.3 Å². The second-order valence-electron chi connectivity index (χ2n) is 4.13. The molecule has 0 saturated carbocycles. The summed E-state index contributed by atoms with van der Waals surface area (Å²) in [5, 5.41) is 14.6. The molecular formula is C12H14N4O2. The lowest BCUT2D eigenvalue weighted by molar-refractivity contribution is -0.384. The molecule has 0 saturated heterocycles. The molecule has 0 aliphatic rings. The van der Waals surface area contributed by atoms with E-state index < -0.39 is 4.92 Å². The van der Waals surface area contributed by atoms with Gasteiger partial charge in [-0.25, -0.2) is 4.98 Å². The minimum absolute atomic E-state index is 0.0737. The Morgan fingerprint density at radius 2 is 2.06 bits per heavy atom. The van der Waals surface area contributed by atoms with Crippen LogP contribution in [0.15, 0.2) is 24.3 Å². The molecule has 2 aromatic rings. The third-order valence-electron chi connectivity index (χ3n) is 2.72. The summed E-state index contributed by atoms with van der Waals surface area (Å²) in [6.07, 6.45) is 0. The smallest absolute Gasteiger partial charge is 0.270 e. The van der Waals surface area contributed by atoms with Gasteiger partial charge < -0.3 is 10.2 Å². The Morgan fingerprint density at radius 1 is 1.33 bits per heavy atom. The second-order valence-corrected chi connectivity index (χ2v) is 4.13. The van der Waals surface area contributed by atoms with Crippen LogP contribution in [0.1, 0.15) is 0 Å². The maximum Gasteiger partial charge on any atom is 0.270 e. The van der Waals surface area contributed by atoms with Gasteiger partial charge >= 0.3 is 0 Å². The van der Waals surface area contributed by atoms with Crippen LogP contribution in [0.5, 0.6) is 0 Å². The first-order chi connectivity index (χ1) is 8.52. The molecule has 2 rings (SSSR count). The highest BCUT2D eigenvalue weighted by Crippen LogP contribution is 2.30. The zero-order chi connectivity index (χ0) is 13.3. The number of nitro benzene ring substituents is 1. The predicted molar refractivity (Wildman–Crippen MR) is 72.3 cm³/mol. The summed E-state index contributed by atoms with van der Waals surface area (Å²) in [4.78, 5) is 16.7. The molecule has 0 radical (unpaired) electrons. The normalized spacial score (nSPS) is 10.4. The molecule has 1 N–H and O–H groups in total. The topological polar surface area (TPSA) is 71.3 Å². The maximum absolute atomic E-state index is 10.8. The molecule has 0 unspecified atom stereocenters. The lowest BCUT2D eigenvalue weighted by atomic mass is 10.1. The number of benzene rings is 1. The van der Waals surface area contributed by atoms with E-state index in [1.165, 1.54) is 6.07 Å². The minimum Gasteiger partial charge on any atom is -0.377 e. The molecule has 0 atom stereocenters. The monoisotopic (exact) mass is 246 g/mol. The fourth-order valence-corrected chi connectivity index (χ4v) is 1.81. The van der Waals surface area contributed by atoms with Gasteiger partial charge in [-0.1, -0.05) is 0 Å². The summed E-state index contributed by atoms with van der Waals surface area (Å²) >= 11 is 0. The predicted octanol–water partition coefficient (Wildman–Crippen LogP) is 2.25. The number of nitrogens with one attached hydrogen (secondary N) is 1. The van der Waals surface area contributed by atoms with E-state index in [0.717, 1.165) is 22.4 Å². The van der Waals surface area contributed by atoms with Gasteiger partial charge in [-0.15, -0.1) is 0 Å². The molecule has 1 heterocycles. The highest BCUT2D eigenvalue weighted by Gasteiger charge is 2.12. The molecule has 0 amide bonds. The zero-order valence-corrected chi connectivity index (χ0v) is 10.5. The Bertz CT molecular complexity index is 610. The first-order valence-electron chi connectivity index (χ1n) is 5.47. The van der Waals surface area contributed by atoms with E-state index in [-0.39, 0.29) is 5.69 Å². The van der Waals surface area contributed by atoms with Gasteiger partial charge in [0.25, 0.3) is 5.69 Å². The van der Waals surface area contributed by atoms with Gasteiger partial charge in [0.2, 0.25) is 0 Å². The zero-order valence-electron chi connectivity index (χ0n) is 10.5. The third kappa shape index (κ3) is 2.04. The van der Waals surface area contributed by atoms with Gasteiger partial charge in [-0.2, -0.15) is 0 Å². The Labute approximate surface area is 104 Å². The molecule has 6 heteroatoms. The standard InChI is InChI=1S/C12H14N4O2/c1-13-12-7-11(15(2)3)9-6-8(16(17)18)4-5-10(9)14-12/h4-7H,1-3H3,(H,13,14). The number of hydrogen-bond donors (Lipinski definition) is 1. The molecule has 0 fully saturated rings. The van der Waals surface area contributed by atoms with E-state index in [4.69, 9.17) is 0 Å². The molecule has 0 aliphatic carbocycles. The van der Waals surface area contributed by atoms with Crippen molar-refractivity contribution in [2.75, 3.05) is 31.4 Å². The van der Waals surface area contributed by atoms with Crippen LogP contribution in [0.3, 0.4) is 0 Å². The number of nitrogens with zero attached hydrogens (tertiary/aromatic N) is 3. The highest BCUT2D eigenvalue weighted by molar-refractivity contribution is 5.94. The van der Waals surface area contributed by atoms with Crippen molar-refractivity contribution in [3.63, 3.8) is 0 Å². The number of aromatic nitrogens is 1. The van der Waals surface area contributed by atoms with Crippen LogP contribution in [0, 0.1) is 10.1 Å². The lowest BCUT2D eigenvalue weighted by Crippen LogP contribution is -2.10. The van der Waals surface area contributed by atoms with Crippen LogP contribution in [0.25, 0.3) is 10.9 Å². The van der Waals surface area contributed by atoms with Crippen molar-refractivity contribution in [2.45, 2.75) is 0 Å². The number of hydrogen-bond acceptors (Lipinski definition) is 5. The van der Waals surface area contributed by atoms with Gasteiger partial charge in [-0.05, 0) is 6.07 Å². The van der Waals surface area contributed by atoms with Gasteiger partial charge in [0, 0.05) is 50.4 Å². The molecule has 0 bridgehead atoms. The highest BCUT2D eigenvalue weighted by atomic mass is 16.6. The van der Waals surface area contributed by atoms with Gasteiger partial charge in [-0.3, -0.25) is 10.1 Å². The number of rotatable bonds is 3. The summed E-state index contributed by atoms with van der Waals surface area (Å²) in [5.74, 6) is 0.736. The molecule has 1 aromatic carbocycles. The van der Waals surface area contributed by atoms with Gasteiger partial charge in [0.05, 0.1) is 10.4 Å². The van der Waals surface area contributed by atoms with E-state index in [9.17, 15) is 10.1 Å². The van der Waals surface area contributed by atoms with Crippen LogP contribution in [0.2, 0.25) is 0 Å². The summed E-state index contributed by atoms with van der Waals surface area (Å²) in [7, 11) is 5.58. The second kappa shape index (κ2) is 4.48. The van der Waals surface area contributed by atoms with E-state index in [1.54, 1.807) is 19.2 Å². The van der Waals surface area contributed by atoms with Crippen molar-refractivity contribution in [1.82, 2.24) is 4.98 Å². The van der Waals surface area contributed by atoms with Crippen LogP contribution >= 0.6 is 0 Å². The summed E-state index contributed by atoms with van der Waals surface area (Å²) in [6, 6.07) is 6.55. The van der Waals surface area contributed by atoms with E-state index in [0.29, 0.717) is 0 Å². The van der Waals surface area contributed by atoms with Crippen molar-refractivity contribution in [2.24, 2.45) is 0 Å². The van der Waals surface area contributed by atoms with Gasteiger partial charge in [0.15, 0.2) is 0 Å². The summed E-state index contributed by atoms with van der Waals surface area (Å²) in [5.41, 5.74) is 1.70. The first kappa shape index (κ1) is 12.1. The maximum atomic E-state index is 10.8. The minimum atomic E-state index is -0.398. The molecular weight excluding hydrogens is 232 g/mol. The van der Waals surface area contributed by atoms with Crippen LogP contribution < -0.4 is 10.2 Å². The van der Waals surface area contributed by atoms with Crippen LogP contribution in [-0.4, -0.2) is 31.1 Å². The molecule has 1 aromatic heterocycles. The summed E-state index contributed by atoms with van der Waals surface area (Å²) in [6.45, 7) is 0. The SMILES string of the molecule is CNc1cc(N(C)C)c2cc([N+](=O)[O-])ccc2n1. The molecule has 18 heavy (non-hydrogen) atoms. The molecule has 6 nitrogen and oxygen atoms in total. The van der Waals surface area contributed by atoms with Gasteiger partial charge in [0.1, 0.15) is 5.82 Å². The Balaban J connectivity index is 2.75. The largest absolute Gasteiger partial charge is 0.377 e. The van der Waals surface area contributed by atoms with Crippen LogP contribution in [-0.2, 0) is 0 Å². The number of nitro groups is 1. The fraction of sp³-hybridized carbons (Fsp3) is 0.250. The number of pyridine rings is 1. The lowest BCUT2D eigenvalue weighted by Gasteiger charge is -2.16. The fourth-order valence-electron chi connectivity index (χ4n) is 1.81. The molecule has 0 aliphatic heterocycles. The van der Waals surface area contributed by atoms with Crippen molar-refractivity contribution in [1.29, 1.82) is 0 Å². The Kier molecular flexibility index (Phi) is 3.01. The van der Waals surface area contributed by atoms with Crippen molar-refractivity contribution in [3.05, 3.63) is 34.4 Å². The average molecular weight is 246 g/mol.